The third-order valence-electron chi connectivity index (χ3n) is 5.60. The van der Waals surface area contributed by atoms with Crippen molar-refractivity contribution >= 4 is 17.5 Å². The number of amides is 2. The minimum Gasteiger partial charge on any atom is -0.461 e. The van der Waals surface area contributed by atoms with Crippen molar-refractivity contribution in [1.29, 1.82) is 0 Å². The maximum absolute atomic E-state index is 12.8. The lowest BCUT2D eigenvalue weighted by Crippen LogP contribution is -2.40. The molecule has 0 radical (unpaired) electrons. The van der Waals surface area contributed by atoms with E-state index in [1.807, 2.05) is 35.2 Å². The fourth-order valence-corrected chi connectivity index (χ4v) is 4.22. The first-order valence-corrected chi connectivity index (χ1v) is 9.88. The van der Waals surface area contributed by atoms with Crippen LogP contribution in [-0.4, -0.2) is 23.3 Å². The Morgan fingerprint density at radius 1 is 1.15 bits per heavy atom. The van der Waals surface area contributed by atoms with E-state index in [-0.39, 0.29) is 11.8 Å². The van der Waals surface area contributed by atoms with Crippen LogP contribution < -0.4 is 5.32 Å². The molecule has 5 heteroatoms. The molecule has 0 atom stereocenters. The Morgan fingerprint density at radius 3 is 2.74 bits per heavy atom. The molecule has 1 N–H and O–H groups in total. The molecular formula is C22H26N2O3. The third-order valence-corrected chi connectivity index (χ3v) is 5.60. The van der Waals surface area contributed by atoms with E-state index in [4.69, 9.17) is 4.42 Å². The van der Waals surface area contributed by atoms with Gasteiger partial charge < -0.3 is 14.6 Å². The summed E-state index contributed by atoms with van der Waals surface area (Å²) in [4.78, 5) is 26.1. The van der Waals surface area contributed by atoms with Crippen LogP contribution in [0.25, 0.3) is 11.3 Å². The summed E-state index contributed by atoms with van der Waals surface area (Å²) in [7, 11) is 0. The van der Waals surface area contributed by atoms with E-state index in [0.717, 1.165) is 54.1 Å². The van der Waals surface area contributed by atoms with Crippen LogP contribution >= 0.6 is 0 Å². The molecule has 27 heavy (non-hydrogen) atoms. The molecule has 0 saturated heterocycles. The molecule has 1 saturated carbocycles. The van der Waals surface area contributed by atoms with Gasteiger partial charge in [0.15, 0.2) is 0 Å². The summed E-state index contributed by atoms with van der Waals surface area (Å²) in [5.74, 6) is 2.20. The van der Waals surface area contributed by atoms with E-state index >= 15 is 0 Å². The lowest BCUT2D eigenvalue weighted by atomic mass is 9.88. The monoisotopic (exact) mass is 366 g/mol. The largest absolute Gasteiger partial charge is 0.461 e. The molecule has 2 amide bonds. The number of carbonyl (C=O) groups excluding carboxylic acids is 2. The van der Waals surface area contributed by atoms with E-state index < -0.39 is 0 Å². The number of furan rings is 1. The van der Waals surface area contributed by atoms with Gasteiger partial charge >= 0.3 is 0 Å². The van der Waals surface area contributed by atoms with Crippen LogP contribution in [0.3, 0.4) is 0 Å². The first kappa shape index (κ1) is 17.8. The van der Waals surface area contributed by atoms with Crippen molar-refractivity contribution in [3.8, 4) is 11.3 Å². The van der Waals surface area contributed by atoms with E-state index in [2.05, 4.69) is 5.32 Å². The number of hydrogen-bond acceptors (Lipinski definition) is 3. The summed E-state index contributed by atoms with van der Waals surface area (Å²) >= 11 is 0. The Morgan fingerprint density at radius 2 is 1.96 bits per heavy atom. The molecule has 1 aromatic heterocycles. The smallest absolute Gasteiger partial charge is 0.225 e. The van der Waals surface area contributed by atoms with Crippen molar-refractivity contribution in [3.63, 3.8) is 0 Å². The van der Waals surface area contributed by atoms with Gasteiger partial charge in [-0.2, -0.15) is 0 Å². The average molecular weight is 366 g/mol. The fraction of sp³-hybridized carbons (Fsp3) is 0.455. The normalized spacial score (nSPS) is 17.4. The summed E-state index contributed by atoms with van der Waals surface area (Å²) < 4.78 is 6.08. The molecule has 2 heterocycles. The van der Waals surface area contributed by atoms with Crippen molar-refractivity contribution in [1.82, 2.24) is 4.90 Å². The number of rotatable bonds is 3. The quantitative estimate of drug-likeness (QED) is 0.877. The SMILES string of the molecule is CC(=O)Nc1cccc(-c2cc3c(o2)CCN(C(=O)C2CCCCC2)C3)c1. The number of nitrogens with one attached hydrogen (secondary N) is 1. The highest BCUT2D eigenvalue weighted by atomic mass is 16.3. The van der Waals surface area contributed by atoms with Gasteiger partial charge in [-0.1, -0.05) is 31.4 Å². The predicted molar refractivity (Wildman–Crippen MR) is 104 cm³/mol. The molecule has 0 bridgehead atoms. The molecule has 142 valence electrons. The Kier molecular flexibility index (Phi) is 5.01. The van der Waals surface area contributed by atoms with Gasteiger partial charge in [-0.15, -0.1) is 0 Å². The second kappa shape index (κ2) is 7.59. The first-order valence-electron chi connectivity index (χ1n) is 9.88. The maximum Gasteiger partial charge on any atom is 0.225 e. The minimum atomic E-state index is -0.0947. The zero-order valence-electron chi connectivity index (χ0n) is 15.8. The highest BCUT2D eigenvalue weighted by molar-refractivity contribution is 5.89. The van der Waals surface area contributed by atoms with Gasteiger partial charge in [0.1, 0.15) is 11.5 Å². The van der Waals surface area contributed by atoms with Crippen molar-refractivity contribution in [3.05, 3.63) is 41.7 Å². The summed E-state index contributed by atoms with van der Waals surface area (Å²) in [5, 5.41) is 2.80. The standard InChI is InChI=1S/C22H26N2O3/c1-15(25)23-19-9-5-8-17(12-19)21-13-18-14-24(11-10-20(18)27-21)22(26)16-6-3-2-4-7-16/h5,8-9,12-13,16H,2-4,6-7,10-11,14H2,1H3,(H,23,25). The molecule has 0 spiro atoms. The second-order valence-corrected chi connectivity index (χ2v) is 7.67. The second-order valence-electron chi connectivity index (χ2n) is 7.67. The van der Waals surface area contributed by atoms with E-state index in [0.29, 0.717) is 12.5 Å². The summed E-state index contributed by atoms with van der Waals surface area (Å²) in [6.07, 6.45) is 6.45. The number of anilines is 1. The molecule has 0 unspecified atom stereocenters. The van der Waals surface area contributed by atoms with Crippen LogP contribution in [0.2, 0.25) is 0 Å². The van der Waals surface area contributed by atoms with Gasteiger partial charge in [-0.25, -0.2) is 0 Å². The highest BCUT2D eigenvalue weighted by Gasteiger charge is 2.30. The van der Waals surface area contributed by atoms with Gasteiger partial charge in [0.05, 0.1) is 0 Å². The van der Waals surface area contributed by atoms with Crippen molar-refractivity contribution < 1.29 is 14.0 Å². The van der Waals surface area contributed by atoms with Crippen LogP contribution in [0.15, 0.2) is 34.7 Å². The van der Waals surface area contributed by atoms with Gasteiger partial charge in [0.2, 0.25) is 11.8 Å². The first-order chi connectivity index (χ1) is 13.1. The van der Waals surface area contributed by atoms with Gasteiger partial charge in [-0.05, 0) is 31.0 Å². The molecule has 4 rings (SSSR count). The third kappa shape index (κ3) is 3.92. The molecule has 1 aliphatic carbocycles. The predicted octanol–water partition coefficient (Wildman–Crippen LogP) is 4.37. The summed E-state index contributed by atoms with van der Waals surface area (Å²) in [5.41, 5.74) is 2.79. The number of carbonyl (C=O) groups is 2. The van der Waals surface area contributed by atoms with E-state index in [1.54, 1.807) is 0 Å². The fourth-order valence-electron chi connectivity index (χ4n) is 4.22. The van der Waals surface area contributed by atoms with Crippen LogP contribution in [0, 0.1) is 5.92 Å². The molecule has 1 aliphatic heterocycles. The van der Waals surface area contributed by atoms with Crippen LogP contribution in [0.1, 0.15) is 50.4 Å². The zero-order valence-corrected chi connectivity index (χ0v) is 15.8. The van der Waals surface area contributed by atoms with Crippen molar-refractivity contribution in [2.75, 3.05) is 11.9 Å². The van der Waals surface area contributed by atoms with Crippen molar-refractivity contribution in [2.45, 2.75) is 52.0 Å². The Labute approximate surface area is 159 Å². The Hall–Kier alpha value is -2.56. The lowest BCUT2D eigenvalue weighted by molar-refractivity contribution is -0.137. The van der Waals surface area contributed by atoms with Crippen LogP contribution in [0.5, 0.6) is 0 Å². The zero-order chi connectivity index (χ0) is 18.8. The van der Waals surface area contributed by atoms with Crippen molar-refractivity contribution in [2.24, 2.45) is 5.92 Å². The number of nitrogens with zero attached hydrogens (tertiary/aromatic N) is 1. The van der Waals surface area contributed by atoms with Gasteiger partial charge in [0.25, 0.3) is 0 Å². The highest BCUT2D eigenvalue weighted by Crippen LogP contribution is 2.32. The van der Waals surface area contributed by atoms with E-state index in [9.17, 15) is 9.59 Å². The average Bonchev–Trinajstić information content (AvgIpc) is 3.11. The topological polar surface area (TPSA) is 62.6 Å². The molecular weight excluding hydrogens is 340 g/mol. The summed E-state index contributed by atoms with van der Waals surface area (Å²) in [6.45, 7) is 2.87. The van der Waals surface area contributed by atoms with E-state index in [1.165, 1.54) is 26.2 Å². The molecule has 2 aromatic rings. The molecule has 5 nitrogen and oxygen atoms in total. The Bertz CT molecular complexity index is 849. The molecule has 1 aromatic carbocycles. The van der Waals surface area contributed by atoms with Gasteiger partial charge in [-0.3, -0.25) is 9.59 Å². The number of benzene rings is 1. The Balaban J connectivity index is 1.50. The number of fused-ring (bicyclic) bond motifs is 1. The summed E-state index contributed by atoms with van der Waals surface area (Å²) in [6, 6.07) is 9.69. The van der Waals surface area contributed by atoms with Crippen LogP contribution in [0.4, 0.5) is 5.69 Å². The van der Waals surface area contributed by atoms with Gasteiger partial charge in [0, 0.05) is 49.2 Å². The maximum atomic E-state index is 12.8. The minimum absolute atomic E-state index is 0.0947. The molecule has 2 aliphatic rings. The number of hydrogen-bond donors (Lipinski definition) is 1. The molecule has 1 fully saturated rings. The lowest BCUT2D eigenvalue weighted by Gasteiger charge is -2.31. The van der Waals surface area contributed by atoms with Crippen LogP contribution in [-0.2, 0) is 22.6 Å².